The molecular formula is C7H15ClO2S. The van der Waals surface area contributed by atoms with E-state index in [0.717, 1.165) is 12.8 Å². The van der Waals surface area contributed by atoms with Crippen LogP contribution >= 0.6 is 10.7 Å². The summed E-state index contributed by atoms with van der Waals surface area (Å²) in [6.45, 7) is 4.13. The van der Waals surface area contributed by atoms with Crippen LogP contribution in [0.5, 0.6) is 0 Å². The van der Waals surface area contributed by atoms with E-state index >= 15 is 0 Å². The van der Waals surface area contributed by atoms with Crippen LogP contribution in [0.4, 0.5) is 0 Å². The molecule has 0 rings (SSSR count). The molecule has 0 aliphatic heterocycles. The molecule has 0 aromatic heterocycles. The van der Waals surface area contributed by atoms with Gasteiger partial charge in [-0.05, 0) is 12.3 Å². The molecule has 0 aromatic carbocycles. The Hall–Kier alpha value is 0.240. The molecule has 0 bridgehead atoms. The third-order valence-electron chi connectivity index (χ3n) is 1.92. The van der Waals surface area contributed by atoms with Crippen LogP contribution in [-0.4, -0.2) is 14.2 Å². The Balaban J connectivity index is 3.69. The largest absolute Gasteiger partial charge is 0.232 e. The quantitative estimate of drug-likeness (QED) is 0.636. The molecule has 0 unspecified atom stereocenters. The van der Waals surface area contributed by atoms with Crippen LogP contribution in [0.1, 0.15) is 33.1 Å². The smallest absolute Gasteiger partial charge is 0.212 e. The number of hydrogen-bond donors (Lipinski definition) is 0. The third kappa shape index (κ3) is 6.63. The van der Waals surface area contributed by atoms with E-state index in [2.05, 4.69) is 13.8 Å². The average Bonchev–Trinajstić information content (AvgIpc) is 1.88. The minimum Gasteiger partial charge on any atom is -0.212 e. The fourth-order valence-electron chi connectivity index (χ4n) is 1.00. The summed E-state index contributed by atoms with van der Waals surface area (Å²) in [6, 6.07) is 0. The van der Waals surface area contributed by atoms with E-state index < -0.39 is 9.05 Å². The molecule has 11 heavy (non-hydrogen) atoms. The predicted octanol–water partition coefficient (Wildman–Crippen LogP) is 2.38. The lowest BCUT2D eigenvalue weighted by molar-refractivity contribution is 0.476. The van der Waals surface area contributed by atoms with Gasteiger partial charge in [0.1, 0.15) is 0 Å². The standard InChI is InChI=1S/C7H15ClO2S/c1-3-7(4-2)5-6-11(8,9)10/h7H,3-6H2,1-2H3. The monoisotopic (exact) mass is 198 g/mol. The molecule has 0 atom stereocenters. The molecule has 0 fully saturated rings. The van der Waals surface area contributed by atoms with E-state index in [-0.39, 0.29) is 5.75 Å². The van der Waals surface area contributed by atoms with Crippen LogP contribution in [-0.2, 0) is 9.05 Å². The summed E-state index contributed by atoms with van der Waals surface area (Å²) in [4.78, 5) is 0. The minimum absolute atomic E-state index is 0.112. The van der Waals surface area contributed by atoms with E-state index in [0.29, 0.717) is 12.3 Å². The van der Waals surface area contributed by atoms with Crippen molar-refractivity contribution in [3.8, 4) is 0 Å². The molecule has 0 aliphatic carbocycles. The van der Waals surface area contributed by atoms with Crippen molar-refractivity contribution in [3.63, 3.8) is 0 Å². The van der Waals surface area contributed by atoms with Crippen molar-refractivity contribution in [2.24, 2.45) is 5.92 Å². The second-order valence-electron chi connectivity index (χ2n) is 2.71. The van der Waals surface area contributed by atoms with E-state index in [1.165, 1.54) is 0 Å². The summed E-state index contributed by atoms with van der Waals surface area (Å²) in [6.07, 6.45) is 2.75. The fourth-order valence-corrected chi connectivity index (χ4v) is 1.89. The van der Waals surface area contributed by atoms with Gasteiger partial charge in [0.25, 0.3) is 0 Å². The van der Waals surface area contributed by atoms with Crippen molar-refractivity contribution in [3.05, 3.63) is 0 Å². The predicted molar refractivity (Wildman–Crippen MR) is 48.3 cm³/mol. The average molecular weight is 199 g/mol. The normalized spacial score (nSPS) is 12.4. The first kappa shape index (κ1) is 11.2. The van der Waals surface area contributed by atoms with Crippen LogP contribution in [0.15, 0.2) is 0 Å². The first-order chi connectivity index (χ1) is 4.99. The maximum atomic E-state index is 10.5. The second-order valence-corrected chi connectivity index (χ2v) is 5.61. The molecule has 0 heterocycles. The summed E-state index contributed by atoms with van der Waals surface area (Å²) in [5.41, 5.74) is 0. The van der Waals surface area contributed by atoms with Crippen molar-refractivity contribution in [2.45, 2.75) is 33.1 Å². The van der Waals surface area contributed by atoms with Crippen molar-refractivity contribution >= 4 is 19.7 Å². The van der Waals surface area contributed by atoms with Crippen LogP contribution in [0.3, 0.4) is 0 Å². The SMILES string of the molecule is CCC(CC)CCS(=O)(=O)Cl. The molecule has 4 heteroatoms. The highest BCUT2D eigenvalue weighted by atomic mass is 35.7. The van der Waals surface area contributed by atoms with Crippen molar-refractivity contribution in [2.75, 3.05) is 5.75 Å². The molecule has 0 amide bonds. The summed E-state index contributed by atoms with van der Waals surface area (Å²) in [5, 5.41) is 0. The van der Waals surface area contributed by atoms with Gasteiger partial charge >= 0.3 is 0 Å². The van der Waals surface area contributed by atoms with Gasteiger partial charge in [0.05, 0.1) is 5.75 Å². The molecule has 2 nitrogen and oxygen atoms in total. The molecular weight excluding hydrogens is 184 g/mol. The van der Waals surface area contributed by atoms with Gasteiger partial charge in [-0.15, -0.1) is 0 Å². The lowest BCUT2D eigenvalue weighted by Crippen LogP contribution is -2.05. The van der Waals surface area contributed by atoms with Gasteiger partial charge in [-0.2, -0.15) is 0 Å². The number of halogens is 1. The maximum Gasteiger partial charge on any atom is 0.232 e. The topological polar surface area (TPSA) is 34.1 Å². The third-order valence-corrected chi connectivity index (χ3v) is 3.11. The fraction of sp³-hybridized carbons (Fsp3) is 1.00. The first-order valence-electron chi connectivity index (χ1n) is 3.92. The highest BCUT2D eigenvalue weighted by molar-refractivity contribution is 8.13. The molecule has 0 N–H and O–H groups in total. The molecule has 0 spiro atoms. The number of rotatable bonds is 5. The lowest BCUT2D eigenvalue weighted by Gasteiger charge is -2.09. The zero-order valence-electron chi connectivity index (χ0n) is 7.01. The van der Waals surface area contributed by atoms with Gasteiger partial charge < -0.3 is 0 Å². The number of hydrogen-bond acceptors (Lipinski definition) is 2. The van der Waals surface area contributed by atoms with Crippen LogP contribution in [0.25, 0.3) is 0 Å². The molecule has 68 valence electrons. The van der Waals surface area contributed by atoms with Crippen molar-refractivity contribution in [1.29, 1.82) is 0 Å². The van der Waals surface area contributed by atoms with E-state index in [4.69, 9.17) is 10.7 Å². The van der Waals surface area contributed by atoms with Gasteiger partial charge in [-0.25, -0.2) is 8.42 Å². The Morgan fingerprint density at radius 1 is 1.27 bits per heavy atom. The molecule has 0 saturated carbocycles. The molecule has 0 aromatic rings. The molecule has 0 aliphatic rings. The summed E-state index contributed by atoms with van der Waals surface area (Å²) in [5.74, 6) is 0.615. The van der Waals surface area contributed by atoms with E-state index in [9.17, 15) is 8.42 Å². The van der Waals surface area contributed by atoms with Gasteiger partial charge in [0.15, 0.2) is 0 Å². The lowest BCUT2D eigenvalue weighted by atomic mass is 10.0. The van der Waals surface area contributed by atoms with E-state index in [1.54, 1.807) is 0 Å². The highest BCUT2D eigenvalue weighted by Gasteiger charge is 2.09. The maximum absolute atomic E-state index is 10.5. The molecule has 0 saturated heterocycles. The Morgan fingerprint density at radius 2 is 1.73 bits per heavy atom. The van der Waals surface area contributed by atoms with Gasteiger partial charge in [0.2, 0.25) is 9.05 Å². The Bertz CT molecular complexity index is 183. The van der Waals surface area contributed by atoms with Crippen LogP contribution in [0, 0.1) is 5.92 Å². The van der Waals surface area contributed by atoms with Crippen molar-refractivity contribution < 1.29 is 8.42 Å². The van der Waals surface area contributed by atoms with Crippen LogP contribution < -0.4 is 0 Å². The Morgan fingerprint density at radius 3 is 2.00 bits per heavy atom. The van der Waals surface area contributed by atoms with Gasteiger partial charge in [-0.3, -0.25) is 0 Å². The van der Waals surface area contributed by atoms with Crippen molar-refractivity contribution in [1.82, 2.24) is 0 Å². The Labute approximate surface area is 73.4 Å². The summed E-state index contributed by atoms with van der Waals surface area (Å²) >= 11 is 0. The minimum atomic E-state index is -3.27. The second kappa shape index (κ2) is 4.99. The highest BCUT2D eigenvalue weighted by Crippen LogP contribution is 2.14. The van der Waals surface area contributed by atoms with Gasteiger partial charge in [0, 0.05) is 10.7 Å². The Kier molecular flexibility index (Phi) is 5.10. The zero-order chi connectivity index (χ0) is 8.91. The zero-order valence-corrected chi connectivity index (χ0v) is 8.58. The van der Waals surface area contributed by atoms with E-state index in [1.807, 2.05) is 0 Å². The summed E-state index contributed by atoms with van der Waals surface area (Å²) < 4.78 is 21.1. The van der Waals surface area contributed by atoms with Crippen LogP contribution in [0.2, 0.25) is 0 Å². The summed E-state index contributed by atoms with van der Waals surface area (Å²) in [7, 11) is 1.80. The first-order valence-corrected chi connectivity index (χ1v) is 6.39. The van der Waals surface area contributed by atoms with Gasteiger partial charge in [-0.1, -0.05) is 26.7 Å². The molecule has 0 radical (unpaired) electrons.